The first-order chi connectivity index (χ1) is 14.9. The van der Waals surface area contributed by atoms with Crippen LogP contribution in [0.5, 0.6) is 0 Å². The lowest BCUT2D eigenvalue weighted by molar-refractivity contribution is 0.458. The predicted molar refractivity (Wildman–Crippen MR) is 126 cm³/mol. The highest BCUT2D eigenvalue weighted by Gasteiger charge is 2.34. The molecule has 0 aliphatic rings. The van der Waals surface area contributed by atoms with Gasteiger partial charge in [0.15, 0.2) is 5.58 Å². The van der Waals surface area contributed by atoms with Crippen molar-refractivity contribution >= 4 is 22.3 Å². The van der Waals surface area contributed by atoms with Crippen molar-refractivity contribution in [3.63, 3.8) is 0 Å². The first kappa shape index (κ1) is 21.6. The van der Waals surface area contributed by atoms with E-state index in [1.54, 1.807) is 6.20 Å². The van der Waals surface area contributed by atoms with Crippen LogP contribution in [0.4, 0.5) is 0 Å². The van der Waals surface area contributed by atoms with Gasteiger partial charge in [-0.1, -0.05) is 54.5 Å². The van der Waals surface area contributed by atoms with E-state index in [-0.39, 0.29) is 12.0 Å². The van der Waals surface area contributed by atoms with E-state index in [0.29, 0.717) is 0 Å². The number of nitrogens with zero attached hydrogens (tertiary/aromatic N) is 2. The quantitative estimate of drug-likeness (QED) is 0.390. The summed E-state index contributed by atoms with van der Waals surface area (Å²) < 4.78 is 21.7. The smallest absolute Gasteiger partial charge is 0.167 e. The van der Waals surface area contributed by atoms with Crippen molar-refractivity contribution in [1.29, 1.82) is 0 Å². The van der Waals surface area contributed by atoms with E-state index in [9.17, 15) is 4.55 Å². The number of rotatable bonds is 6. The number of aromatic nitrogens is 2. The third-order valence-corrected chi connectivity index (χ3v) is 6.95. The second-order valence-electron chi connectivity index (χ2n) is 8.63. The summed E-state index contributed by atoms with van der Waals surface area (Å²) in [4.78, 5) is 4.56. The molecule has 0 saturated carbocycles. The fraction of sp³-hybridized carbons (Fsp3) is 0.280. The zero-order chi connectivity index (χ0) is 22.0. The first-order valence-electron chi connectivity index (χ1n) is 10.4. The maximum absolute atomic E-state index is 13.1. The highest BCUT2D eigenvalue weighted by Crippen LogP contribution is 2.39. The molecule has 1 unspecified atom stereocenters. The second-order valence-corrected chi connectivity index (χ2v) is 10.6. The summed E-state index contributed by atoms with van der Waals surface area (Å²) in [6.07, 6.45) is 1.79. The van der Waals surface area contributed by atoms with Gasteiger partial charge in [0, 0.05) is 40.1 Å². The summed E-state index contributed by atoms with van der Waals surface area (Å²) in [5.41, 5.74) is 4.43. The normalized spacial score (nSPS) is 15.0. The molecule has 31 heavy (non-hydrogen) atoms. The molecule has 0 aliphatic carbocycles. The van der Waals surface area contributed by atoms with E-state index in [1.165, 1.54) is 0 Å². The molecule has 3 atom stereocenters. The van der Waals surface area contributed by atoms with Crippen LogP contribution in [-0.2, 0) is 11.4 Å². The third kappa shape index (κ3) is 4.51. The van der Waals surface area contributed by atoms with Crippen molar-refractivity contribution in [3.8, 4) is 11.3 Å². The molecule has 0 saturated heterocycles. The van der Waals surface area contributed by atoms with Crippen molar-refractivity contribution in [1.82, 2.24) is 14.9 Å². The minimum absolute atomic E-state index is 0.0215. The van der Waals surface area contributed by atoms with Crippen LogP contribution in [0, 0.1) is 0 Å². The number of para-hydroxylation sites is 1. The van der Waals surface area contributed by atoms with Crippen LogP contribution in [0.2, 0.25) is 0 Å². The lowest BCUT2D eigenvalue weighted by Crippen LogP contribution is -2.42. The van der Waals surface area contributed by atoms with Crippen molar-refractivity contribution in [2.45, 2.75) is 44.4 Å². The van der Waals surface area contributed by atoms with E-state index < -0.39 is 16.1 Å². The summed E-state index contributed by atoms with van der Waals surface area (Å²) in [6, 6.07) is 21.6. The van der Waals surface area contributed by atoms with Gasteiger partial charge in [-0.05, 0) is 50.6 Å². The lowest BCUT2D eigenvalue weighted by atomic mass is 9.88. The predicted octanol–water partition coefficient (Wildman–Crippen LogP) is 5.79. The van der Waals surface area contributed by atoms with Gasteiger partial charge in [0.2, 0.25) is 0 Å². The average molecular weight is 434 g/mol. The molecule has 0 radical (unpaired) electrons. The highest BCUT2D eigenvalue weighted by molar-refractivity contribution is 7.90. The highest BCUT2D eigenvalue weighted by atomic mass is 32.2. The van der Waals surface area contributed by atoms with Gasteiger partial charge < -0.3 is 9.08 Å². The van der Waals surface area contributed by atoms with Gasteiger partial charge in [0.1, 0.15) is 10.4 Å². The zero-order valence-corrected chi connectivity index (χ0v) is 19.0. The molecule has 160 valence electrons. The summed E-state index contributed by atoms with van der Waals surface area (Å²) in [7, 11) is 0. The molecule has 0 amide bonds. The molecule has 5 nitrogen and oxygen atoms in total. The van der Waals surface area contributed by atoms with Crippen molar-refractivity contribution in [3.05, 3.63) is 84.2 Å². The van der Waals surface area contributed by atoms with Gasteiger partial charge in [-0.15, -0.1) is 4.72 Å². The molecule has 4 aromatic rings. The lowest BCUT2D eigenvalue weighted by Gasteiger charge is -2.31. The van der Waals surface area contributed by atoms with Gasteiger partial charge in [-0.25, -0.2) is 0 Å². The van der Waals surface area contributed by atoms with E-state index in [2.05, 4.69) is 27.9 Å². The Morgan fingerprint density at radius 1 is 0.968 bits per heavy atom. The Bertz CT molecular complexity index is 1150. The van der Waals surface area contributed by atoms with Crippen LogP contribution >= 0.6 is 0 Å². The Labute approximate surface area is 186 Å². The fourth-order valence-corrected chi connectivity index (χ4v) is 4.52. The van der Waals surface area contributed by atoms with Crippen molar-refractivity contribution < 1.29 is 9.08 Å². The molecular weight excluding hydrogens is 406 g/mol. The van der Waals surface area contributed by atoms with Gasteiger partial charge in [-0.3, -0.25) is 4.98 Å². The molecule has 2 heterocycles. The van der Waals surface area contributed by atoms with Crippen LogP contribution in [0.1, 0.15) is 50.9 Å². The summed E-state index contributed by atoms with van der Waals surface area (Å²) in [5, 5.41) is 5.33. The minimum Gasteiger partial charge on any atom is -0.598 e. The van der Waals surface area contributed by atoms with Crippen LogP contribution in [-0.4, -0.2) is 19.4 Å². The standard InChI is InChI=1S/C25H27N3O2S/c1-17(21-14-9-10-16-26-21)23(28-31(29)25(2,3)4)18-11-5-6-12-19(18)24-20-13-7-8-15-22(20)30-27-24/h5-17,23,28H,1-4H3/t17?,23-,31-/m0/s1. The fourth-order valence-electron chi connectivity index (χ4n) is 3.61. The average Bonchev–Trinajstić information content (AvgIpc) is 3.21. The first-order valence-corrected chi connectivity index (χ1v) is 11.5. The minimum atomic E-state index is -1.27. The Hall–Kier alpha value is -2.67. The maximum Gasteiger partial charge on any atom is 0.167 e. The number of pyridine rings is 1. The largest absolute Gasteiger partial charge is 0.598 e. The monoisotopic (exact) mass is 433 g/mol. The molecule has 0 spiro atoms. The van der Waals surface area contributed by atoms with Crippen LogP contribution in [0.15, 0.2) is 77.4 Å². The SMILES string of the molecule is CC(c1ccccn1)[C@H](N[S@@+]([O-])C(C)(C)C)c1ccccc1-c1noc2ccccc12. The van der Waals surface area contributed by atoms with Gasteiger partial charge in [0.05, 0.1) is 6.04 Å². The van der Waals surface area contributed by atoms with Crippen molar-refractivity contribution in [2.75, 3.05) is 0 Å². The number of hydrogen-bond acceptors (Lipinski definition) is 5. The summed E-state index contributed by atoms with van der Waals surface area (Å²) >= 11 is -1.27. The van der Waals surface area contributed by atoms with Gasteiger partial charge >= 0.3 is 0 Å². The second kappa shape index (κ2) is 8.83. The Balaban J connectivity index is 1.84. The van der Waals surface area contributed by atoms with Crippen LogP contribution in [0.25, 0.3) is 22.2 Å². The molecule has 0 fully saturated rings. The molecule has 4 rings (SSSR count). The maximum atomic E-state index is 13.1. The van der Waals surface area contributed by atoms with Crippen LogP contribution < -0.4 is 4.72 Å². The summed E-state index contributed by atoms with van der Waals surface area (Å²) in [5.74, 6) is -0.0215. The number of nitrogens with one attached hydrogen (secondary N) is 1. The van der Waals surface area contributed by atoms with E-state index >= 15 is 0 Å². The Kier molecular flexibility index (Phi) is 6.14. The molecule has 2 aromatic heterocycles. The van der Waals surface area contributed by atoms with Crippen LogP contribution in [0.3, 0.4) is 0 Å². The number of benzene rings is 2. The topological polar surface area (TPSA) is 74.0 Å². The summed E-state index contributed by atoms with van der Waals surface area (Å²) in [6.45, 7) is 8.01. The number of fused-ring (bicyclic) bond motifs is 1. The molecule has 0 bridgehead atoms. The molecule has 2 aromatic carbocycles. The molecular formula is C25H27N3O2S. The van der Waals surface area contributed by atoms with E-state index in [0.717, 1.165) is 33.5 Å². The van der Waals surface area contributed by atoms with Gasteiger partial charge in [-0.2, -0.15) is 0 Å². The molecule has 6 heteroatoms. The number of hydrogen-bond donors (Lipinski definition) is 1. The molecule has 0 aliphatic heterocycles. The van der Waals surface area contributed by atoms with Crippen molar-refractivity contribution in [2.24, 2.45) is 0 Å². The Morgan fingerprint density at radius 3 is 2.42 bits per heavy atom. The van der Waals surface area contributed by atoms with E-state index in [1.807, 2.05) is 81.4 Å². The molecule has 1 N–H and O–H groups in total. The zero-order valence-electron chi connectivity index (χ0n) is 18.2. The van der Waals surface area contributed by atoms with Gasteiger partial charge in [0.25, 0.3) is 0 Å². The Morgan fingerprint density at radius 2 is 1.68 bits per heavy atom. The van der Waals surface area contributed by atoms with E-state index in [4.69, 9.17) is 4.52 Å². The third-order valence-electron chi connectivity index (χ3n) is 5.37.